The fourth-order valence-electron chi connectivity index (χ4n) is 1.49. The van der Waals surface area contributed by atoms with Crippen molar-refractivity contribution in [3.05, 3.63) is 30.1 Å². The quantitative estimate of drug-likeness (QED) is 0.600. The average molecular weight is 249 g/mol. The van der Waals surface area contributed by atoms with Gasteiger partial charge in [0.05, 0.1) is 5.84 Å². The van der Waals surface area contributed by atoms with Crippen molar-refractivity contribution < 1.29 is 4.79 Å². The SMILES string of the molecule is CN(C)C(=O)N(CCC(=N)N)Cc1cccnc1. The fourth-order valence-corrected chi connectivity index (χ4v) is 1.49. The summed E-state index contributed by atoms with van der Waals surface area (Å²) in [7, 11) is 3.40. The van der Waals surface area contributed by atoms with Crippen LogP contribution in [-0.2, 0) is 6.54 Å². The van der Waals surface area contributed by atoms with Crippen molar-refractivity contribution in [1.82, 2.24) is 14.8 Å². The number of pyridine rings is 1. The van der Waals surface area contributed by atoms with Gasteiger partial charge in [-0.05, 0) is 11.6 Å². The molecule has 3 N–H and O–H groups in total. The summed E-state index contributed by atoms with van der Waals surface area (Å²) in [5.41, 5.74) is 6.28. The summed E-state index contributed by atoms with van der Waals surface area (Å²) in [4.78, 5) is 19.2. The molecule has 2 amide bonds. The van der Waals surface area contributed by atoms with Crippen LogP contribution >= 0.6 is 0 Å². The lowest BCUT2D eigenvalue weighted by Gasteiger charge is -2.26. The molecule has 1 aromatic heterocycles. The monoisotopic (exact) mass is 249 g/mol. The number of carbonyl (C=O) groups excluding carboxylic acids is 1. The van der Waals surface area contributed by atoms with Crippen molar-refractivity contribution in [2.24, 2.45) is 5.73 Å². The van der Waals surface area contributed by atoms with E-state index in [-0.39, 0.29) is 11.9 Å². The van der Waals surface area contributed by atoms with Gasteiger partial charge in [0, 0.05) is 46.0 Å². The predicted molar refractivity (Wildman–Crippen MR) is 70.3 cm³/mol. The van der Waals surface area contributed by atoms with Gasteiger partial charge in [0.25, 0.3) is 0 Å². The number of amidine groups is 1. The van der Waals surface area contributed by atoms with Crippen LogP contribution in [0, 0.1) is 5.41 Å². The fraction of sp³-hybridized carbons (Fsp3) is 0.417. The van der Waals surface area contributed by atoms with Crippen LogP contribution in [0.1, 0.15) is 12.0 Å². The molecule has 6 nitrogen and oxygen atoms in total. The molecule has 1 heterocycles. The van der Waals surface area contributed by atoms with E-state index < -0.39 is 0 Å². The number of carbonyl (C=O) groups is 1. The molecule has 0 unspecified atom stereocenters. The first kappa shape index (κ1) is 14.0. The zero-order valence-electron chi connectivity index (χ0n) is 10.8. The zero-order valence-corrected chi connectivity index (χ0v) is 10.8. The Morgan fingerprint density at radius 1 is 1.50 bits per heavy atom. The summed E-state index contributed by atoms with van der Waals surface area (Å²) >= 11 is 0. The van der Waals surface area contributed by atoms with Gasteiger partial charge in [0.1, 0.15) is 0 Å². The second-order valence-electron chi connectivity index (χ2n) is 4.24. The van der Waals surface area contributed by atoms with Gasteiger partial charge < -0.3 is 15.5 Å². The Balaban J connectivity index is 2.71. The standard InChI is InChI=1S/C12H19N5O/c1-16(2)12(18)17(7-5-11(13)14)9-10-4-3-6-15-8-10/h3-4,6,8H,5,7,9H2,1-2H3,(H3,13,14). The number of urea groups is 1. The number of rotatable bonds is 5. The highest BCUT2D eigenvalue weighted by molar-refractivity contribution is 5.78. The molecule has 0 radical (unpaired) electrons. The molecule has 0 atom stereocenters. The first-order valence-corrected chi connectivity index (χ1v) is 5.68. The molecule has 0 aromatic carbocycles. The second-order valence-corrected chi connectivity index (χ2v) is 4.24. The smallest absolute Gasteiger partial charge is 0.319 e. The topological polar surface area (TPSA) is 86.3 Å². The third-order valence-electron chi connectivity index (χ3n) is 2.40. The molecule has 6 heteroatoms. The number of hydrogen-bond acceptors (Lipinski definition) is 3. The summed E-state index contributed by atoms with van der Waals surface area (Å²) < 4.78 is 0. The minimum atomic E-state index is -0.0971. The maximum absolute atomic E-state index is 12.0. The Morgan fingerprint density at radius 2 is 2.22 bits per heavy atom. The Bertz CT molecular complexity index is 404. The molecule has 0 bridgehead atoms. The number of nitrogens with zero attached hydrogens (tertiary/aromatic N) is 3. The van der Waals surface area contributed by atoms with Crippen LogP contribution in [0.4, 0.5) is 4.79 Å². The molecular weight excluding hydrogens is 230 g/mol. The highest BCUT2D eigenvalue weighted by Gasteiger charge is 2.15. The molecule has 1 aromatic rings. The van der Waals surface area contributed by atoms with Crippen LogP contribution in [0.15, 0.2) is 24.5 Å². The average Bonchev–Trinajstić information content (AvgIpc) is 2.34. The van der Waals surface area contributed by atoms with E-state index in [1.807, 2.05) is 12.1 Å². The molecule has 0 fully saturated rings. The van der Waals surface area contributed by atoms with Crippen LogP contribution < -0.4 is 5.73 Å². The summed E-state index contributed by atoms with van der Waals surface area (Å²) in [5, 5.41) is 7.23. The molecule has 1 rings (SSSR count). The van der Waals surface area contributed by atoms with Crippen molar-refractivity contribution in [2.45, 2.75) is 13.0 Å². The van der Waals surface area contributed by atoms with E-state index in [1.54, 1.807) is 31.4 Å². The first-order valence-electron chi connectivity index (χ1n) is 5.68. The van der Waals surface area contributed by atoms with Gasteiger partial charge in [0.2, 0.25) is 0 Å². The van der Waals surface area contributed by atoms with Crippen LogP contribution in [0.3, 0.4) is 0 Å². The van der Waals surface area contributed by atoms with Gasteiger partial charge in [-0.2, -0.15) is 0 Å². The van der Waals surface area contributed by atoms with E-state index in [4.69, 9.17) is 11.1 Å². The van der Waals surface area contributed by atoms with Crippen molar-refractivity contribution in [1.29, 1.82) is 5.41 Å². The summed E-state index contributed by atoms with van der Waals surface area (Å²) in [6.07, 6.45) is 3.79. The van der Waals surface area contributed by atoms with Gasteiger partial charge in [-0.25, -0.2) is 4.79 Å². The number of nitrogens with two attached hydrogens (primary N) is 1. The Labute approximate surface area is 107 Å². The lowest BCUT2D eigenvalue weighted by atomic mass is 10.2. The largest absolute Gasteiger partial charge is 0.388 e. The normalized spacial score (nSPS) is 9.89. The minimum Gasteiger partial charge on any atom is -0.388 e. The highest BCUT2D eigenvalue weighted by atomic mass is 16.2. The number of hydrogen-bond donors (Lipinski definition) is 2. The predicted octanol–water partition coefficient (Wildman–Crippen LogP) is 0.891. The maximum Gasteiger partial charge on any atom is 0.319 e. The van der Waals surface area contributed by atoms with Crippen LogP contribution in [0.25, 0.3) is 0 Å². The van der Waals surface area contributed by atoms with E-state index >= 15 is 0 Å². The van der Waals surface area contributed by atoms with E-state index in [1.165, 1.54) is 4.90 Å². The van der Waals surface area contributed by atoms with E-state index in [0.717, 1.165) is 5.56 Å². The molecule has 98 valence electrons. The van der Waals surface area contributed by atoms with Gasteiger partial charge in [-0.15, -0.1) is 0 Å². The first-order chi connectivity index (χ1) is 8.50. The third kappa shape index (κ3) is 4.40. The third-order valence-corrected chi connectivity index (χ3v) is 2.40. The molecule has 18 heavy (non-hydrogen) atoms. The Hall–Kier alpha value is -2.11. The van der Waals surface area contributed by atoms with Crippen molar-refractivity contribution in [3.8, 4) is 0 Å². The maximum atomic E-state index is 12.0. The second kappa shape index (κ2) is 6.58. The minimum absolute atomic E-state index is 0.0812. The van der Waals surface area contributed by atoms with Crippen LogP contribution in [0.2, 0.25) is 0 Å². The number of amides is 2. The van der Waals surface area contributed by atoms with Crippen molar-refractivity contribution in [2.75, 3.05) is 20.6 Å². The Morgan fingerprint density at radius 3 is 2.72 bits per heavy atom. The summed E-state index contributed by atoms with van der Waals surface area (Å²) in [6.45, 7) is 0.902. The molecule has 0 saturated heterocycles. The van der Waals surface area contributed by atoms with Crippen molar-refractivity contribution in [3.63, 3.8) is 0 Å². The molecule has 0 aliphatic carbocycles. The number of aromatic nitrogens is 1. The van der Waals surface area contributed by atoms with Crippen LogP contribution in [-0.4, -0.2) is 47.3 Å². The summed E-state index contributed by atoms with van der Waals surface area (Å²) in [5.74, 6) is 0.0812. The highest BCUT2D eigenvalue weighted by Crippen LogP contribution is 2.06. The van der Waals surface area contributed by atoms with Gasteiger partial charge >= 0.3 is 6.03 Å². The molecule has 0 aliphatic heterocycles. The van der Waals surface area contributed by atoms with Gasteiger partial charge in [0.15, 0.2) is 0 Å². The lowest BCUT2D eigenvalue weighted by Crippen LogP contribution is -2.40. The summed E-state index contributed by atoms with van der Waals surface area (Å²) in [6, 6.07) is 3.65. The van der Waals surface area contributed by atoms with Crippen LogP contribution in [0.5, 0.6) is 0 Å². The van der Waals surface area contributed by atoms with Gasteiger partial charge in [-0.1, -0.05) is 6.07 Å². The lowest BCUT2D eigenvalue weighted by molar-refractivity contribution is 0.169. The van der Waals surface area contributed by atoms with Crippen molar-refractivity contribution >= 4 is 11.9 Å². The molecule has 0 spiro atoms. The molecular formula is C12H19N5O. The Kier molecular flexibility index (Phi) is 5.10. The van der Waals surface area contributed by atoms with E-state index in [9.17, 15) is 4.79 Å². The molecule has 0 aliphatic rings. The molecule has 0 saturated carbocycles. The van der Waals surface area contributed by atoms with E-state index in [2.05, 4.69) is 4.98 Å². The van der Waals surface area contributed by atoms with E-state index in [0.29, 0.717) is 19.5 Å². The van der Waals surface area contributed by atoms with Gasteiger partial charge in [-0.3, -0.25) is 10.4 Å². The zero-order chi connectivity index (χ0) is 13.5. The number of nitrogens with one attached hydrogen (secondary N) is 1.